The fraction of sp³-hybridized carbons (Fsp3) is 0.667. The first-order valence-electron chi connectivity index (χ1n) is 3.14. The molecule has 0 saturated carbocycles. The predicted octanol–water partition coefficient (Wildman–Crippen LogP) is 0.630. The molecule has 10 heavy (non-hydrogen) atoms. The molecule has 0 aliphatic heterocycles. The first-order valence-corrected chi connectivity index (χ1v) is 4.75. The van der Waals surface area contributed by atoms with Crippen LogP contribution in [0.2, 0.25) is 0 Å². The van der Waals surface area contributed by atoms with Gasteiger partial charge in [-0.25, -0.2) is 13.6 Å². The Morgan fingerprint density at radius 2 is 2.20 bits per heavy atom. The largest absolute Gasteiger partial charge is 0.228 e. The van der Waals surface area contributed by atoms with Crippen LogP contribution in [-0.2, 0) is 10.0 Å². The molecule has 60 valence electrons. The van der Waals surface area contributed by atoms with Crippen LogP contribution in [0.25, 0.3) is 0 Å². The minimum Gasteiger partial charge on any atom is -0.228 e. The lowest BCUT2D eigenvalue weighted by Crippen LogP contribution is -2.27. The van der Waals surface area contributed by atoms with E-state index < -0.39 is 15.3 Å². The van der Waals surface area contributed by atoms with Crippen LogP contribution in [0.3, 0.4) is 0 Å². The van der Waals surface area contributed by atoms with Gasteiger partial charge in [-0.2, -0.15) is 0 Å². The molecule has 0 spiro atoms. The highest BCUT2D eigenvalue weighted by Gasteiger charge is 2.16. The van der Waals surface area contributed by atoms with Gasteiger partial charge >= 0.3 is 0 Å². The quantitative estimate of drug-likeness (QED) is 0.618. The van der Waals surface area contributed by atoms with E-state index in [0.29, 0.717) is 12.8 Å². The number of sulfonamides is 1. The SMILES string of the molecule is C=CC[C@@H](CC)S(N)(=O)=O. The maximum absolute atomic E-state index is 10.7. The molecule has 0 aromatic heterocycles. The van der Waals surface area contributed by atoms with Crippen molar-refractivity contribution in [2.75, 3.05) is 0 Å². The molecule has 0 heterocycles. The Hall–Kier alpha value is -0.350. The maximum Gasteiger partial charge on any atom is 0.212 e. The molecule has 3 nitrogen and oxygen atoms in total. The Kier molecular flexibility index (Phi) is 3.60. The smallest absolute Gasteiger partial charge is 0.212 e. The van der Waals surface area contributed by atoms with Crippen molar-refractivity contribution in [3.05, 3.63) is 12.7 Å². The normalized spacial score (nSPS) is 14.6. The summed E-state index contributed by atoms with van der Waals surface area (Å²) in [5.74, 6) is 0. The number of rotatable bonds is 4. The predicted molar refractivity (Wildman–Crippen MR) is 42.0 cm³/mol. The van der Waals surface area contributed by atoms with Crippen LogP contribution in [0.15, 0.2) is 12.7 Å². The van der Waals surface area contributed by atoms with E-state index in [1.54, 1.807) is 13.0 Å². The Balaban J connectivity index is 4.22. The van der Waals surface area contributed by atoms with Gasteiger partial charge in [0, 0.05) is 0 Å². The second kappa shape index (κ2) is 3.73. The fourth-order valence-electron chi connectivity index (χ4n) is 0.719. The summed E-state index contributed by atoms with van der Waals surface area (Å²) in [7, 11) is -3.35. The van der Waals surface area contributed by atoms with Crippen molar-refractivity contribution in [2.45, 2.75) is 25.0 Å². The second-order valence-electron chi connectivity index (χ2n) is 2.14. The monoisotopic (exact) mass is 163 g/mol. The van der Waals surface area contributed by atoms with Crippen molar-refractivity contribution in [3.8, 4) is 0 Å². The van der Waals surface area contributed by atoms with Gasteiger partial charge in [-0.15, -0.1) is 6.58 Å². The van der Waals surface area contributed by atoms with E-state index in [4.69, 9.17) is 5.14 Å². The van der Waals surface area contributed by atoms with Crippen molar-refractivity contribution >= 4 is 10.0 Å². The molecule has 2 N–H and O–H groups in total. The standard InChI is InChI=1S/C6H13NO2S/c1-3-5-6(4-2)10(7,8)9/h3,6H,1,4-5H2,2H3,(H2,7,8,9)/t6-/m1/s1. The third-order valence-corrected chi connectivity index (χ3v) is 2.80. The van der Waals surface area contributed by atoms with Gasteiger partial charge in [0.2, 0.25) is 10.0 Å². The van der Waals surface area contributed by atoms with Crippen LogP contribution >= 0.6 is 0 Å². The van der Waals surface area contributed by atoms with E-state index in [9.17, 15) is 8.42 Å². The van der Waals surface area contributed by atoms with Crippen LogP contribution in [0.5, 0.6) is 0 Å². The number of allylic oxidation sites excluding steroid dienone is 1. The van der Waals surface area contributed by atoms with E-state index in [2.05, 4.69) is 6.58 Å². The average molecular weight is 163 g/mol. The van der Waals surface area contributed by atoms with Gasteiger partial charge in [0.15, 0.2) is 0 Å². The molecule has 0 aliphatic rings. The number of hydrogen-bond acceptors (Lipinski definition) is 2. The zero-order valence-electron chi connectivity index (χ0n) is 6.08. The highest BCUT2D eigenvalue weighted by molar-refractivity contribution is 7.89. The molecule has 0 aromatic rings. The third kappa shape index (κ3) is 2.98. The second-order valence-corrected chi connectivity index (χ2v) is 3.99. The lowest BCUT2D eigenvalue weighted by atomic mass is 10.2. The zero-order chi connectivity index (χ0) is 8.20. The highest BCUT2D eigenvalue weighted by atomic mass is 32.2. The third-order valence-electron chi connectivity index (χ3n) is 1.35. The summed E-state index contributed by atoms with van der Waals surface area (Å²) in [6.45, 7) is 5.23. The summed E-state index contributed by atoms with van der Waals surface area (Å²) in [5.41, 5.74) is 0. The van der Waals surface area contributed by atoms with Crippen LogP contribution in [-0.4, -0.2) is 13.7 Å². The molecule has 1 atom stereocenters. The summed E-state index contributed by atoms with van der Waals surface area (Å²) >= 11 is 0. The van der Waals surface area contributed by atoms with Crippen molar-refractivity contribution in [2.24, 2.45) is 5.14 Å². The van der Waals surface area contributed by atoms with Crippen molar-refractivity contribution in [1.29, 1.82) is 0 Å². The Morgan fingerprint density at radius 3 is 2.30 bits per heavy atom. The number of primary sulfonamides is 1. The summed E-state index contributed by atoms with van der Waals surface area (Å²) < 4.78 is 21.4. The molecule has 0 amide bonds. The molecule has 4 heteroatoms. The van der Waals surface area contributed by atoms with Crippen molar-refractivity contribution in [1.82, 2.24) is 0 Å². The summed E-state index contributed by atoms with van der Waals surface area (Å²) in [4.78, 5) is 0. The lowest BCUT2D eigenvalue weighted by Gasteiger charge is -2.07. The van der Waals surface area contributed by atoms with Crippen LogP contribution in [0.4, 0.5) is 0 Å². The Morgan fingerprint density at radius 1 is 1.70 bits per heavy atom. The molecule has 0 aromatic carbocycles. The molecule has 0 radical (unpaired) electrons. The van der Waals surface area contributed by atoms with E-state index in [-0.39, 0.29) is 0 Å². The van der Waals surface area contributed by atoms with Crippen LogP contribution in [0.1, 0.15) is 19.8 Å². The van der Waals surface area contributed by atoms with Crippen LogP contribution in [0, 0.1) is 0 Å². The summed E-state index contributed by atoms with van der Waals surface area (Å²) in [5, 5.41) is 4.45. The maximum atomic E-state index is 10.7. The zero-order valence-corrected chi connectivity index (χ0v) is 6.89. The van der Waals surface area contributed by atoms with E-state index in [1.807, 2.05) is 0 Å². The summed E-state index contributed by atoms with van der Waals surface area (Å²) in [6, 6.07) is 0. The van der Waals surface area contributed by atoms with Gasteiger partial charge in [-0.3, -0.25) is 0 Å². The highest BCUT2D eigenvalue weighted by Crippen LogP contribution is 2.06. The van der Waals surface area contributed by atoms with Crippen molar-refractivity contribution < 1.29 is 8.42 Å². The molecule has 0 rings (SSSR count). The molecular formula is C6H13NO2S. The Labute approximate surface area is 62.0 Å². The molecule has 0 unspecified atom stereocenters. The molecule has 0 saturated heterocycles. The lowest BCUT2D eigenvalue weighted by molar-refractivity contribution is 0.577. The minimum absolute atomic E-state index is 0.440. The topological polar surface area (TPSA) is 60.2 Å². The van der Waals surface area contributed by atoms with Crippen molar-refractivity contribution in [3.63, 3.8) is 0 Å². The van der Waals surface area contributed by atoms with E-state index in [1.165, 1.54) is 0 Å². The van der Waals surface area contributed by atoms with Gasteiger partial charge < -0.3 is 0 Å². The molecule has 0 fully saturated rings. The molecule has 0 bridgehead atoms. The van der Waals surface area contributed by atoms with Gasteiger partial charge in [0.05, 0.1) is 5.25 Å². The first-order chi connectivity index (χ1) is 4.52. The fourth-order valence-corrected chi connectivity index (χ4v) is 1.59. The van der Waals surface area contributed by atoms with Gasteiger partial charge in [0.1, 0.15) is 0 Å². The number of hydrogen-bond donors (Lipinski definition) is 1. The van der Waals surface area contributed by atoms with Gasteiger partial charge in [-0.1, -0.05) is 13.0 Å². The van der Waals surface area contributed by atoms with E-state index in [0.717, 1.165) is 0 Å². The number of nitrogens with two attached hydrogens (primary N) is 1. The first kappa shape index (κ1) is 9.65. The minimum atomic E-state index is -3.35. The van der Waals surface area contributed by atoms with E-state index >= 15 is 0 Å². The average Bonchev–Trinajstić information content (AvgIpc) is 1.80. The Bertz CT molecular complexity index is 196. The molecule has 0 aliphatic carbocycles. The van der Waals surface area contributed by atoms with Gasteiger partial charge in [0.25, 0.3) is 0 Å². The van der Waals surface area contributed by atoms with Gasteiger partial charge in [-0.05, 0) is 12.8 Å². The molecular weight excluding hydrogens is 150 g/mol. The summed E-state index contributed by atoms with van der Waals surface area (Å²) in [6.07, 6.45) is 2.55. The van der Waals surface area contributed by atoms with Crippen LogP contribution < -0.4 is 5.14 Å².